The lowest BCUT2D eigenvalue weighted by molar-refractivity contribution is 0.589. The van der Waals surface area contributed by atoms with Crippen LogP contribution in [0.1, 0.15) is 75.3 Å². The van der Waals surface area contributed by atoms with Crippen molar-refractivity contribution in [1.29, 1.82) is 5.16 Å². The van der Waals surface area contributed by atoms with Gasteiger partial charge in [0.05, 0.1) is 0 Å². The van der Waals surface area contributed by atoms with Gasteiger partial charge in [-0.15, -0.1) is 0 Å². The van der Waals surface area contributed by atoms with Crippen molar-refractivity contribution in [3.05, 3.63) is 88.5 Å². The fourth-order valence-electron chi connectivity index (χ4n) is 4.77. The molecule has 0 saturated carbocycles. The first kappa shape index (κ1) is 22.1. The molecule has 4 rings (SSSR count). The van der Waals surface area contributed by atoms with Crippen LogP contribution >= 0.6 is 7.05 Å². The molecule has 0 bridgehead atoms. The van der Waals surface area contributed by atoms with E-state index in [0.717, 1.165) is 0 Å². The molecule has 0 unspecified atom stereocenters. The second-order valence-corrected chi connectivity index (χ2v) is 14.9. The fourth-order valence-corrected chi connectivity index (χ4v) is 6.08. The Morgan fingerprint density at radius 3 is 1.52 bits per heavy atom. The summed E-state index contributed by atoms with van der Waals surface area (Å²) in [5.41, 5.74) is 9.76. The van der Waals surface area contributed by atoms with E-state index in [4.69, 9.17) is 5.16 Å². The summed E-state index contributed by atoms with van der Waals surface area (Å²) in [4.78, 5) is 0. The second-order valence-electron chi connectivity index (χ2n) is 11.5. The first-order valence-corrected chi connectivity index (χ1v) is 13.9. The number of hydrogen-bond donors (Lipinski definition) is 1. The molecule has 1 aliphatic carbocycles. The predicted molar refractivity (Wildman–Crippen MR) is 138 cm³/mol. The smallest absolute Gasteiger partial charge is 0.0359 e. The molecule has 0 atom stereocenters. The predicted octanol–water partition coefficient (Wildman–Crippen LogP) is 8.11. The molecule has 0 radical (unpaired) electrons. The third-order valence-electron chi connectivity index (χ3n) is 6.60. The summed E-state index contributed by atoms with van der Waals surface area (Å²) in [5, 5.41) is 10.2. The highest BCUT2D eigenvalue weighted by Gasteiger charge is 2.34. The summed E-state index contributed by atoms with van der Waals surface area (Å²) >= 11 is 0. The van der Waals surface area contributed by atoms with Crippen molar-refractivity contribution in [3.63, 3.8) is 0 Å². The van der Waals surface area contributed by atoms with Crippen LogP contribution in [0.15, 0.2) is 60.7 Å². The number of benzene rings is 3. The van der Waals surface area contributed by atoms with Gasteiger partial charge >= 0.3 is 0 Å². The van der Waals surface area contributed by atoms with Gasteiger partial charge in [-0.2, -0.15) is 0 Å². The Hall–Kier alpha value is -2.11. The molecule has 0 saturated heterocycles. The van der Waals surface area contributed by atoms with E-state index in [-0.39, 0.29) is 16.7 Å². The minimum Gasteiger partial charge on any atom is -0.315 e. The highest BCUT2D eigenvalue weighted by molar-refractivity contribution is 7.71. The van der Waals surface area contributed by atoms with Gasteiger partial charge in [0.2, 0.25) is 0 Å². The molecule has 1 nitrogen and oxygen atoms in total. The van der Waals surface area contributed by atoms with E-state index in [2.05, 4.69) is 116 Å². The van der Waals surface area contributed by atoms with Crippen molar-refractivity contribution in [2.75, 3.05) is 13.3 Å². The molecule has 0 amide bonds. The van der Waals surface area contributed by atoms with Crippen molar-refractivity contribution >= 4 is 12.4 Å². The number of hydrogen-bond acceptors (Lipinski definition) is 1. The van der Waals surface area contributed by atoms with Crippen LogP contribution in [0.5, 0.6) is 0 Å². The van der Waals surface area contributed by atoms with Gasteiger partial charge < -0.3 is 5.16 Å². The standard InChI is InChI=1S/C29H36NP/c1-28(2,3)19-13-15-21-22-16-14-20(29(4,5)6)18-25(22)27(24(21)17-19)23-11-9-10-12-26(23)31(7,8)30/h9-18,27,30H,1-8H3. The number of nitrogens with one attached hydrogen (secondary N) is 1. The third-order valence-corrected chi connectivity index (χ3v) is 8.21. The minimum atomic E-state index is -1.92. The van der Waals surface area contributed by atoms with Gasteiger partial charge in [0.1, 0.15) is 0 Å². The number of fused-ring (bicyclic) bond motifs is 3. The van der Waals surface area contributed by atoms with Crippen LogP contribution in [0.2, 0.25) is 0 Å². The minimum absolute atomic E-state index is 0.103. The molecule has 3 aromatic rings. The molecule has 31 heavy (non-hydrogen) atoms. The van der Waals surface area contributed by atoms with E-state index in [9.17, 15) is 0 Å². The van der Waals surface area contributed by atoms with Crippen molar-refractivity contribution in [3.8, 4) is 11.1 Å². The van der Waals surface area contributed by atoms with Crippen LogP contribution in [-0.2, 0) is 10.8 Å². The van der Waals surface area contributed by atoms with Crippen LogP contribution in [-0.4, -0.2) is 13.3 Å². The Morgan fingerprint density at radius 1 is 0.645 bits per heavy atom. The van der Waals surface area contributed by atoms with Crippen molar-refractivity contribution < 1.29 is 0 Å². The summed E-state index contributed by atoms with van der Waals surface area (Å²) in [6.45, 7) is 17.9. The molecule has 0 aliphatic heterocycles. The zero-order valence-corrected chi connectivity index (χ0v) is 21.2. The molecule has 0 fully saturated rings. The molecular formula is C29H36NP. The van der Waals surface area contributed by atoms with Gasteiger partial charge in [-0.1, -0.05) is 102 Å². The maximum atomic E-state index is 8.94. The van der Waals surface area contributed by atoms with Crippen LogP contribution in [0.3, 0.4) is 0 Å². The maximum absolute atomic E-state index is 8.94. The summed E-state index contributed by atoms with van der Waals surface area (Å²) < 4.78 is 0. The lowest BCUT2D eigenvalue weighted by Gasteiger charge is -2.25. The molecule has 162 valence electrons. The zero-order valence-electron chi connectivity index (χ0n) is 20.3. The molecule has 1 aliphatic rings. The first-order chi connectivity index (χ1) is 14.3. The van der Waals surface area contributed by atoms with Gasteiger partial charge in [0.15, 0.2) is 0 Å². The van der Waals surface area contributed by atoms with E-state index in [1.807, 2.05) is 0 Å². The Morgan fingerprint density at radius 2 is 1.10 bits per heavy atom. The quantitative estimate of drug-likeness (QED) is 0.311. The lowest BCUT2D eigenvalue weighted by atomic mass is 9.81. The molecule has 0 spiro atoms. The van der Waals surface area contributed by atoms with Gasteiger partial charge in [0.25, 0.3) is 0 Å². The second kappa shape index (κ2) is 7.21. The molecular weight excluding hydrogens is 393 g/mol. The summed E-state index contributed by atoms with van der Waals surface area (Å²) in [6, 6.07) is 22.8. The third kappa shape index (κ3) is 3.94. The Balaban J connectivity index is 2.05. The highest BCUT2D eigenvalue weighted by atomic mass is 31.2. The molecule has 3 aromatic carbocycles. The van der Waals surface area contributed by atoms with Crippen molar-refractivity contribution in [2.24, 2.45) is 0 Å². The largest absolute Gasteiger partial charge is 0.315 e. The van der Waals surface area contributed by atoms with Gasteiger partial charge in [0, 0.05) is 5.92 Å². The summed E-state index contributed by atoms with van der Waals surface area (Å²) in [6.07, 6.45) is 0. The molecule has 2 heteroatoms. The highest BCUT2D eigenvalue weighted by Crippen LogP contribution is 2.51. The number of rotatable bonds is 2. The fraction of sp³-hybridized carbons (Fsp3) is 0.379. The van der Waals surface area contributed by atoms with Crippen LogP contribution in [0.4, 0.5) is 0 Å². The van der Waals surface area contributed by atoms with Gasteiger partial charge in [-0.3, -0.25) is 0 Å². The molecule has 1 N–H and O–H groups in total. The average molecular weight is 430 g/mol. The summed E-state index contributed by atoms with van der Waals surface area (Å²) in [7, 11) is -1.92. The lowest BCUT2D eigenvalue weighted by Crippen LogP contribution is -2.17. The molecule has 0 heterocycles. The zero-order chi connectivity index (χ0) is 22.8. The monoisotopic (exact) mass is 429 g/mol. The van der Waals surface area contributed by atoms with E-state index in [1.54, 1.807) is 0 Å². The normalized spacial score (nSPS) is 14.5. The topological polar surface area (TPSA) is 23.9 Å². The average Bonchev–Trinajstić information content (AvgIpc) is 2.98. The maximum Gasteiger partial charge on any atom is 0.0359 e. The van der Waals surface area contributed by atoms with Crippen molar-refractivity contribution in [2.45, 2.75) is 58.3 Å². The first-order valence-electron chi connectivity index (χ1n) is 11.3. The van der Waals surface area contributed by atoms with Crippen LogP contribution in [0, 0.1) is 5.16 Å². The Bertz CT molecular complexity index is 1130. The van der Waals surface area contributed by atoms with Crippen LogP contribution < -0.4 is 5.30 Å². The summed E-state index contributed by atoms with van der Waals surface area (Å²) in [5.74, 6) is 0.190. The van der Waals surface area contributed by atoms with E-state index >= 15 is 0 Å². The molecule has 0 aromatic heterocycles. The van der Waals surface area contributed by atoms with E-state index < -0.39 is 7.05 Å². The Kier molecular flexibility index (Phi) is 5.14. The SMILES string of the molecule is CC(C)(C)c1ccc2c(c1)C(c1ccccc1P(C)(C)=N)c1cc(C(C)(C)C)ccc1-2. The van der Waals surface area contributed by atoms with Crippen LogP contribution in [0.25, 0.3) is 11.1 Å². The van der Waals surface area contributed by atoms with Gasteiger partial charge in [-0.05, 0) is 75.5 Å². The van der Waals surface area contributed by atoms with Crippen molar-refractivity contribution in [1.82, 2.24) is 0 Å². The van der Waals surface area contributed by atoms with E-state index in [1.165, 1.54) is 44.2 Å². The van der Waals surface area contributed by atoms with E-state index in [0.29, 0.717) is 0 Å². The van der Waals surface area contributed by atoms with Gasteiger partial charge in [-0.25, -0.2) is 0 Å². The Labute approximate surface area is 188 Å².